The largest absolute Gasteiger partial charge is 0.508 e. The number of nitrogens with one attached hydrogen (secondary N) is 1. The van der Waals surface area contributed by atoms with Gasteiger partial charge in [0.25, 0.3) is 11.8 Å². The minimum Gasteiger partial charge on any atom is -0.508 e. The Morgan fingerprint density at radius 3 is 2.32 bits per heavy atom. The summed E-state index contributed by atoms with van der Waals surface area (Å²) in [6.07, 6.45) is -0.746. The number of methoxy groups -OCH3 is 1. The molecule has 0 bridgehead atoms. The molecular formula is C41H31Cl2F3N4O6. The molecule has 1 saturated carbocycles. The van der Waals surface area contributed by atoms with Gasteiger partial charge in [0, 0.05) is 22.7 Å². The van der Waals surface area contributed by atoms with Crippen LogP contribution in [0.3, 0.4) is 0 Å². The van der Waals surface area contributed by atoms with Crippen LogP contribution in [0.1, 0.15) is 41.0 Å². The first-order valence-corrected chi connectivity index (χ1v) is 18.3. The lowest BCUT2D eigenvalue weighted by Gasteiger charge is -2.50. The highest BCUT2D eigenvalue weighted by Crippen LogP contribution is 2.65. The summed E-state index contributed by atoms with van der Waals surface area (Å²) >= 11 is 12.6. The molecule has 8 rings (SSSR count). The van der Waals surface area contributed by atoms with E-state index in [0.717, 1.165) is 10.5 Å². The number of phenolic OH excluding ortho intramolecular Hbond substituents is 1. The van der Waals surface area contributed by atoms with Crippen molar-refractivity contribution in [3.63, 3.8) is 0 Å². The number of hydrogen-bond donors (Lipinski definition) is 2. The van der Waals surface area contributed by atoms with E-state index in [1.807, 2.05) is 6.08 Å². The van der Waals surface area contributed by atoms with E-state index in [4.69, 9.17) is 27.9 Å². The molecule has 6 unspecified atom stereocenters. The first-order chi connectivity index (χ1) is 26.7. The number of alkyl halides is 3. The van der Waals surface area contributed by atoms with Crippen LogP contribution in [0.15, 0.2) is 97.2 Å². The molecule has 56 heavy (non-hydrogen) atoms. The number of rotatable bonds is 7. The molecule has 286 valence electrons. The predicted octanol–water partition coefficient (Wildman–Crippen LogP) is 7.95. The summed E-state index contributed by atoms with van der Waals surface area (Å²) in [5.41, 5.74) is 1.89. The molecule has 2 saturated heterocycles. The van der Waals surface area contributed by atoms with Gasteiger partial charge in [-0.1, -0.05) is 71.8 Å². The standard InChI is InChI=1S/C41H31Cl2F3N4O6/c1-3-20-4-10-24(11-5-20)49-36(52)27-14-13-26-28(33(27)38(49)54)18-30-37(53)50(48-35-31(43)16-22(19-47-35)41(44,45)46)39(55)40(30,21-6-8-23(42)9-7-21)34(26)29-17-25(56-2)12-15-32(29)51/h3-13,15-17,19,27-28,30,33-34,51H,1,14,18H2,2H3,(H,47,48). The van der Waals surface area contributed by atoms with Gasteiger partial charge in [0.1, 0.15) is 11.5 Å². The number of ether oxygens (including phenoxy) is 1. The molecule has 2 aliphatic carbocycles. The molecule has 4 aliphatic rings. The molecule has 0 spiro atoms. The van der Waals surface area contributed by atoms with Gasteiger partial charge in [-0.3, -0.25) is 29.5 Å². The first-order valence-electron chi connectivity index (χ1n) is 17.5. The highest BCUT2D eigenvalue weighted by atomic mass is 35.5. The molecule has 6 atom stereocenters. The quantitative estimate of drug-likeness (QED) is 0.142. The fourth-order valence-corrected chi connectivity index (χ4v) is 9.37. The van der Waals surface area contributed by atoms with Crippen molar-refractivity contribution >= 4 is 64.4 Å². The molecule has 2 aliphatic heterocycles. The topological polar surface area (TPSA) is 129 Å². The van der Waals surface area contributed by atoms with Gasteiger partial charge in [0.2, 0.25) is 11.8 Å². The molecule has 2 N–H and O–H groups in total. The zero-order valence-electron chi connectivity index (χ0n) is 29.4. The van der Waals surface area contributed by atoms with E-state index in [0.29, 0.717) is 44.9 Å². The summed E-state index contributed by atoms with van der Waals surface area (Å²) in [7, 11) is 1.43. The van der Waals surface area contributed by atoms with Crippen molar-refractivity contribution < 1.29 is 42.2 Å². The fraction of sp³-hybridized carbons (Fsp3) is 0.244. The zero-order chi connectivity index (χ0) is 39.8. The Hall–Kier alpha value is -5.66. The van der Waals surface area contributed by atoms with Gasteiger partial charge >= 0.3 is 6.18 Å². The van der Waals surface area contributed by atoms with E-state index in [-0.39, 0.29) is 24.2 Å². The summed E-state index contributed by atoms with van der Waals surface area (Å²) in [6.45, 7) is 3.76. The Morgan fingerprint density at radius 1 is 0.964 bits per heavy atom. The predicted molar refractivity (Wildman–Crippen MR) is 201 cm³/mol. The third-order valence-corrected chi connectivity index (χ3v) is 12.0. The van der Waals surface area contributed by atoms with Crippen LogP contribution in [0.4, 0.5) is 24.7 Å². The number of amides is 4. The zero-order valence-corrected chi connectivity index (χ0v) is 30.9. The molecule has 10 nitrogen and oxygen atoms in total. The van der Waals surface area contributed by atoms with Crippen molar-refractivity contribution in [1.29, 1.82) is 0 Å². The number of fused-ring (bicyclic) bond motifs is 4. The number of aromatic hydroxyl groups is 1. The van der Waals surface area contributed by atoms with Crippen LogP contribution < -0.4 is 15.1 Å². The van der Waals surface area contributed by atoms with Crippen LogP contribution in [-0.2, 0) is 30.8 Å². The van der Waals surface area contributed by atoms with Crippen LogP contribution in [0.25, 0.3) is 6.08 Å². The lowest BCUT2D eigenvalue weighted by molar-refractivity contribution is -0.139. The van der Waals surface area contributed by atoms with Crippen LogP contribution in [0.2, 0.25) is 10.0 Å². The maximum Gasteiger partial charge on any atom is 0.417 e. The Labute approximate surface area is 328 Å². The fourth-order valence-electron chi connectivity index (χ4n) is 9.03. The number of aromatic nitrogens is 1. The number of allylic oxidation sites excluding steroid dienone is 2. The van der Waals surface area contributed by atoms with Gasteiger partial charge in [-0.2, -0.15) is 18.2 Å². The molecule has 1 aromatic heterocycles. The lowest BCUT2D eigenvalue weighted by atomic mass is 9.49. The number of carbonyl (C=O) groups excluding carboxylic acids is 4. The Balaban J connectivity index is 1.32. The van der Waals surface area contributed by atoms with Gasteiger partial charge in [-0.15, -0.1) is 0 Å². The van der Waals surface area contributed by atoms with Crippen molar-refractivity contribution in [3.8, 4) is 11.5 Å². The molecule has 3 heterocycles. The lowest BCUT2D eigenvalue weighted by Crippen LogP contribution is -2.53. The van der Waals surface area contributed by atoms with Crippen molar-refractivity contribution in [2.45, 2.75) is 30.4 Å². The maximum absolute atomic E-state index is 15.3. The number of hydrogen-bond acceptors (Lipinski definition) is 8. The summed E-state index contributed by atoms with van der Waals surface area (Å²) < 4.78 is 46.0. The summed E-state index contributed by atoms with van der Waals surface area (Å²) in [6, 6.07) is 18.2. The summed E-state index contributed by atoms with van der Waals surface area (Å²) in [5.74, 6) is -7.65. The number of carbonyl (C=O) groups is 4. The minimum absolute atomic E-state index is 0.0873. The minimum atomic E-state index is -4.76. The van der Waals surface area contributed by atoms with E-state index in [1.165, 1.54) is 19.2 Å². The molecule has 4 amide bonds. The van der Waals surface area contributed by atoms with Crippen LogP contribution in [0, 0.1) is 23.7 Å². The third-order valence-electron chi connectivity index (χ3n) is 11.5. The smallest absolute Gasteiger partial charge is 0.417 e. The monoisotopic (exact) mass is 802 g/mol. The van der Waals surface area contributed by atoms with Crippen molar-refractivity contribution in [2.24, 2.45) is 23.7 Å². The van der Waals surface area contributed by atoms with Crippen LogP contribution in [0.5, 0.6) is 11.5 Å². The number of halogens is 5. The number of phenols is 1. The number of hydrazine groups is 1. The van der Waals surface area contributed by atoms with Gasteiger partial charge in [0.15, 0.2) is 5.82 Å². The highest BCUT2D eigenvalue weighted by Gasteiger charge is 2.70. The number of imide groups is 2. The summed E-state index contributed by atoms with van der Waals surface area (Å²) in [5, 5.41) is 12.1. The average Bonchev–Trinajstić information content (AvgIpc) is 3.56. The average molecular weight is 804 g/mol. The van der Waals surface area contributed by atoms with Gasteiger partial charge in [-0.25, -0.2) is 4.98 Å². The molecule has 3 fully saturated rings. The van der Waals surface area contributed by atoms with E-state index in [2.05, 4.69) is 17.0 Å². The number of pyridine rings is 1. The number of anilines is 2. The van der Waals surface area contributed by atoms with E-state index < -0.39 is 81.2 Å². The van der Waals surface area contributed by atoms with Gasteiger partial charge < -0.3 is 9.84 Å². The van der Waals surface area contributed by atoms with Crippen molar-refractivity contribution in [3.05, 3.63) is 130 Å². The number of benzene rings is 3. The second-order valence-corrected chi connectivity index (χ2v) is 15.0. The van der Waals surface area contributed by atoms with Gasteiger partial charge in [0.05, 0.1) is 46.6 Å². The molecule has 3 aromatic carbocycles. The summed E-state index contributed by atoms with van der Waals surface area (Å²) in [4.78, 5) is 63.8. The Kier molecular flexibility index (Phi) is 9.00. The second-order valence-electron chi connectivity index (χ2n) is 14.2. The van der Waals surface area contributed by atoms with E-state index in [1.54, 1.807) is 60.7 Å². The van der Waals surface area contributed by atoms with E-state index in [9.17, 15) is 32.7 Å². The molecule has 15 heteroatoms. The van der Waals surface area contributed by atoms with Crippen LogP contribution in [-0.4, -0.2) is 45.8 Å². The molecular weight excluding hydrogens is 772 g/mol. The van der Waals surface area contributed by atoms with Crippen LogP contribution >= 0.6 is 23.2 Å². The normalized spacial score (nSPS) is 25.8. The highest BCUT2D eigenvalue weighted by molar-refractivity contribution is 6.33. The molecule has 4 aromatic rings. The van der Waals surface area contributed by atoms with E-state index >= 15 is 4.79 Å². The third kappa shape index (κ3) is 5.58. The van der Waals surface area contributed by atoms with Crippen molar-refractivity contribution in [1.82, 2.24) is 9.99 Å². The second kappa shape index (κ2) is 13.5. The van der Waals surface area contributed by atoms with Gasteiger partial charge in [-0.05, 0) is 78.4 Å². The molecule has 0 radical (unpaired) electrons. The Bertz CT molecular complexity index is 2370. The number of nitrogens with zero attached hydrogens (tertiary/aromatic N) is 3. The SMILES string of the molecule is C=Cc1ccc(N2C(=O)C3CC=C4C(CC5C(=O)N(Nc6ncc(C(F)(F)F)cc6Cl)C(=O)C5(c5ccc(Cl)cc5)C4c4cc(OC)ccc4O)C3C2=O)cc1. The Morgan fingerprint density at radius 2 is 1.68 bits per heavy atom. The van der Waals surface area contributed by atoms with Crippen molar-refractivity contribution in [2.75, 3.05) is 17.4 Å². The first kappa shape index (κ1) is 37.3. The maximum atomic E-state index is 15.3.